The number of azide groups is 2. The van der Waals surface area contributed by atoms with Crippen molar-refractivity contribution >= 4 is 0 Å². The summed E-state index contributed by atoms with van der Waals surface area (Å²) in [4.78, 5) is 5.94. The van der Waals surface area contributed by atoms with Crippen molar-refractivity contribution in [2.45, 2.75) is 84.5 Å². The Hall–Kier alpha value is -1.46. The largest absolute Gasteiger partial charge is 0.344 e. The number of rotatable bonds is 8. The summed E-state index contributed by atoms with van der Waals surface area (Å²) in [7, 11) is 0. The average Bonchev–Trinajstić information content (AvgIpc) is 2.73. The topological polar surface area (TPSA) is 116 Å². The van der Waals surface area contributed by atoms with Gasteiger partial charge in [0.15, 0.2) is 5.79 Å². The first-order valence-electron chi connectivity index (χ1n) is 8.14. The van der Waals surface area contributed by atoms with Crippen molar-refractivity contribution in [3.8, 4) is 0 Å². The zero-order chi connectivity index (χ0) is 17.6. The van der Waals surface area contributed by atoms with Gasteiger partial charge in [0.1, 0.15) is 0 Å². The lowest BCUT2D eigenvalue weighted by Gasteiger charge is -2.28. The zero-order valence-corrected chi connectivity index (χ0v) is 14.9. The summed E-state index contributed by atoms with van der Waals surface area (Å²) in [6, 6.07) is -0.703. The van der Waals surface area contributed by atoms with E-state index < -0.39 is 18.0 Å². The Morgan fingerprint density at radius 3 is 1.48 bits per heavy atom. The van der Waals surface area contributed by atoms with Crippen LogP contribution in [0.15, 0.2) is 10.2 Å². The molecule has 0 unspecified atom stereocenters. The van der Waals surface area contributed by atoms with Gasteiger partial charge >= 0.3 is 0 Å². The van der Waals surface area contributed by atoms with E-state index in [0.29, 0.717) is 24.7 Å². The van der Waals surface area contributed by atoms with Gasteiger partial charge in [-0.05, 0) is 49.6 Å². The van der Waals surface area contributed by atoms with Crippen molar-refractivity contribution in [3.05, 3.63) is 20.9 Å². The summed E-state index contributed by atoms with van der Waals surface area (Å²) in [6.45, 7) is 11.9. The fourth-order valence-electron chi connectivity index (χ4n) is 3.00. The van der Waals surface area contributed by atoms with Gasteiger partial charge in [0.2, 0.25) is 0 Å². The summed E-state index contributed by atoms with van der Waals surface area (Å²) in [5.74, 6) is -0.0987. The highest BCUT2D eigenvalue weighted by Gasteiger charge is 2.48. The van der Waals surface area contributed by atoms with Gasteiger partial charge in [-0.1, -0.05) is 37.9 Å². The summed E-state index contributed by atoms with van der Waals surface area (Å²) in [6.07, 6.45) is 0.542. The number of hydrogen-bond donors (Lipinski definition) is 0. The Bertz CT molecular complexity index is 438. The third-order valence-electron chi connectivity index (χ3n) is 3.75. The molecule has 8 heteroatoms. The molecule has 1 rings (SSSR count). The standard InChI is InChI=1S/C15H28N6O2/c1-9(2)7-11(18-20-16)13-14(23-15(5,6)22-13)12(19-21-17)8-10(3)4/h9-14H,7-8H2,1-6H3/t11-,12-,13+,14+/m0/s1. The molecule has 1 aliphatic rings. The van der Waals surface area contributed by atoms with Crippen molar-refractivity contribution in [2.24, 2.45) is 22.1 Å². The molecule has 0 radical (unpaired) electrons. The third kappa shape index (κ3) is 5.92. The Balaban J connectivity index is 3.12. The van der Waals surface area contributed by atoms with E-state index in [1.807, 2.05) is 13.8 Å². The molecule has 1 fully saturated rings. The molecule has 1 saturated heterocycles. The molecular formula is C15H28N6O2. The second-order valence-corrected chi connectivity index (χ2v) is 7.37. The smallest absolute Gasteiger partial charge is 0.163 e. The SMILES string of the molecule is CC(C)C[C@H](N=[N+]=[N-])[C@H]1OC(C)(C)O[C@@H]1[C@H](CC(C)C)N=[N+]=[N-]. The van der Waals surface area contributed by atoms with Gasteiger partial charge in [-0.2, -0.15) is 0 Å². The van der Waals surface area contributed by atoms with Gasteiger partial charge in [0.05, 0.1) is 24.3 Å². The maximum Gasteiger partial charge on any atom is 0.163 e. The number of nitrogens with zero attached hydrogens (tertiary/aromatic N) is 6. The highest BCUT2D eigenvalue weighted by atomic mass is 16.8. The van der Waals surface area contributed by atoms with Crippen molar-refractivity contribution < 1.29 is 9.47 Å². The van der Waals surface area contributed by atoms with Gasteiger partial charge in [-0.25, -0.2) is 0 Å². The molecule has 8 nitrogen and oxygen atoms in total. The molecule has 0 aliphatic carbocycles. The lowest BCUT2D eigenvalue weighted by atomic mass is 9.90. The minimum Gasteiger partial charge on any atom is -0.344 e. The summed E-state index contributed by atoms with van der Waals surface area (Å²) < 4.78 is 12.0. The predicted octanol–water partition coefficient (Wildman–Crippen LogP) is 4.96. The van der Waals surface area contributed by atoms with Gasteiger partial charge < -0.3 is 9.47 Å². The normalized spacial score (nSPS) is 25.7. The van der Waals surface area contributed by atoms with Gasteiger partial charge in [-0.15, -0.1) is 0 Å². The maximum absolute atomic E-state index is 8.89. The van der Waals surface area contributed by atoms with Crippen LogP contribution in [0.1, 0.15) is 54.4 Å². The Kier molecular flexibility index (Phi) is 7.16. The van der Waals surface area contributed by atoms with Crippen molar-refractivity contribution in [2.75, 3.05) is 0 Å². The predicted molar refractivity (Wildman–Crippen MR) is 88.6 cm³/mol. The minimum absolute atomic E-state index is 0.349. The second-order valence-electron chi connectivity index (χ2n) is 7.37. The highest BCUT2D eigenvalue weighted by Crippen LogP contribution is 2.36. The molecule has 23 heavy (non-hydrogen) atoms. The van der Waals surface area contributed by atoms with E-state index in [4.69, 9.17) is 20.5 Å². The first-order chi connectivity index (χ1) is 10.7. The molecule has 0 amide bonds. The van der Waals surface area contributed by atoms with Crippen LogP contribution < -0.4 is 0 Å². The van der Waals surface area contributed by atoms with E-state index in [2.05, 4.69) is 47.7 Å². The maximum atomic E-state index is 8.89. The van der Waals surface area contributed by atoms with Crippen LogP contribution in [0.5, 0.6) is 0 Å². The monoisotopic (exact) mass is 324 g/mol. The van der Waals surface area contributed by atoms with E-state index in [1.165, 1.54) is 0 Å². The first kappa shape index (κ1) is 19.6. The van der Waals surface area contributed by atoms with Gasteiger partial charge in [-0.3, -0.25) is 0 Å². The molecule has 0 aromatic carbocycles. The zero-order valence-electron chi connectivity index (χ0n) is 14.9. The van der Waals surface area contributed by atoms with Crippen LogP contribution in [0.4, 0.5) is 0 Å². The Morgan fingerprint density at radius 1 is 0.870 bits per heavy atom. The Morgan fingerprint density at radius 2 is 1.22 bits per heavy atom. The quantitative estimate of drug-likeness (QED) is 0.356. The van der Waals surface area contributed by atoms with Crippen molar-refractivity contribution in [1.82, 2.24) is 0 Å². The molecule has 0 aromatic heterocycles. The number of hydrogen-bond acceptors (Lipinski definition) is 4. The third-order valence-corrected chi connectivity index (χ3v) is 3.75. The van der Waals surface area contributed by atoms with Crippen LogP contribution in [0, 0.1) is 11.8 Å². The summed E-state index contributed by atoms with van der Waals surface area (Å²) in [5.41, 5.74) is 17.8. The minimum atomic E-state index is -0.796. The van der Waals surface area contributed by atoms with E-state index in [-0.39, 0.29) is 12.1 Å². The molecule has 0 N–H and O–H groups in total. The van der Waals surface area contributed by atoms with Crippen LogP contribution in [-0.2, 0) is 9.47 Å². The van der Waals surface area contributed by atoms with Crippen molar-refractivity contribution in [3.63, 3.8) is 0 Å². The second kappa shape index (κ2) is 8.41. The van der Waals surface area contributed by atoms with Crippen LogP contribution in [0.25, 0.3) is 20.9 Å². The number of ether oxygens (including phenoxy) is 2. The first-order valence-corrected chi connectivity index (χ1v) is 8.14. The van der Waals surface area contributed by atoms with Crippen LogP contribution in [-0.4, -0.2) is 30.1 Å². The fourth-order valence-corrected chi connectivity index (χ4v) is 3.00. The fraction of sp³-hybridized carbons (Fsp3) is 1.00. The molecule has 130 valence electrons. The van der Waals surface area contributed by atoms with Crippen molar-refractivity contribution in [1.29, 1.82) is 0 Å². The molecular weight excluding hydrogens is 296 g/mol. The lowest BCUT2D eigenvalue weighted by molar-refractivity contribution is -0.149. The Labute approximate surface area is 137 Å². The van der Waals surface area contributed by atoms with Gasteiger partial charge in [0, 0.05) is 9.82 Å². The summed E-state index contributed by atoms with van der Waals surface area (Å²) >= 11 is 0. The van der Waals surface area contributed by atoms with Crippen LogP contribution >= 0.6 is 0 Å². The average molecular weight is 324 g/mol. The van der Waals surface area contributed by atoms with Crippen LogP contribution in [0.2, 0.25) is 0 Å². The molecule has 0 saturated carbocycles. The van der Waals surface area contributed by atoms with E-state index in [9.17, 15) is 0 Å². The van der Waals surface area contributed by atoms with E-state index in [0.717, 1.165) is 0 Å². The molecule has 1 heterocycles. The molecule has 4 atom stereocenters. The van der Waals surface area contributed by atoms with Crippen LogP contribution in [0.3, 0.4) is 0 Å². The molecule has 0 aromatic rings. The lowest BCUT2D eigenvalue weighted by Crippen LogP contribution is -2.41. The summed E-state index contributed by atoms with van der Waals surface area (Å²) in [5, 5.41) is 7.85. The molecule has 0 bridgehead atoms. The van der Waals surface area contributed by atoms with E-state index in [1.54, 1.807) is 0 Å². The molecule has 1 aliphatic heterocycles. The van der Waals surface area contributed by atoms with E-state index >= 15 is 0 Å². The molecule has 0 spiro atoms. The highest BCUT2D eigenvalue weighted by molar-refractivity contribution is 4.97. The van der Waals surface area contributed by atoms with Gasteiger partial charge in [0.25, 0.3) is 0 Å².